The van der Waals surface area contributed by atoms with Gasteiger partial charge in [-0.25, -0.2) is 0 Å². The molecule has 0 spiro atoms. The molecule has 0 aromatic carbocycles. The van der Waals surface area contributed by atoms with Crippen molar-refractivity contribution >= 4 is 51.0 Å². The van der Waals surface area contributed by atoms with Crippen molar-refractivity contribution in [2.24, 2.45) is 0 Å². The first-order chi connectivity index (χ1) is 7.70. The summed E-state index contributed by atoms with van der Waals surface area (Å²) < 4.78 is 2.86. The van der Waals surface area contributed by atoms with Gasteiger partial charge in [-0.05, 0) is 28.7 Å². The van der Waals surface area contributed by atoms with Gasteiger partial charge in [-0.15, -0.1) is 0 Å². The zero-order chi connectivity index (χ0) is 12.0. The Labute approximate surface area is 122 Å². The van der Waals surface area contributed by atoms with E-state index in [4.69, 9.17) is 0 Å². The number of rotatable bonds is 4. The molecule has 0 aliphatic carbocycles. The summed E-state index contributed by atoms with van der Waals surface area (Å²) >= 11 is 4.38. The lowest BCUT2D eigenvalue weighted by atomic mass is 10.2. The Morgan fingerprint density at radius 1 is 1.62 bits per heavy atom. The Bertz CT molecular complexity index is 440. The molecule has 1 N–H and O–H groups in total. The number of hydrogen-bond donors (Lipinski definition) is 1. The molecule has 1 aromatic rings. The molecule has 84 valence electrons. The summed E-state index contributed by atoms with van der Waals surface area (Å²) in [5.74, 6) is 0.840. The zero-order valence-corrected chi connectivity index (χ0v) is 13.0. The van der Waals surface area contributed by atoms with Crippen molar-refractivity contribution in [3.8, 4) is 0 Å². The molecule has 0 bridgehead atoms. The van der Waals surface area contributed by atoms with E-state index in [0.717, 1.165) is 15.1 Å². The minimum atomic E-state index is 0.840. The summed E-state index contributed by atoms with van der Waals surface area (Å²) in [4.78, 5) is 8.20. The topological polar surface area (TPSA) is 41.7 Å². The van der Waals surface area contributed by atoms with Crippen LogP contribution in [-0.2, 0) is 0 Å². The van der Waals surface area contributed by atoms with Gasteiger partial charge < -0.3 is 5.32 Å². The molecule has 0 fully saturated rings. The van der Waals surface area contributed by atoms with Crippen molar-refractivity contribution in [1.29, 1.82) is 0 Å². The van der Waals surface area contributed by atoms with Gasteiger partial charge >= 0.3 is 0 Å². The fraction of sp³-hybridized carbons (Fsp3) is 0.100. The highest BCUT2D eigenvalue weighted by Crippen LogP contribution is 2.18. The molecule has 0 saturated carbocycles. The first-order valence-electron chi connectivity index (χ1n) is 4.45. The lowest BCUT2D eigenvalue weighted by Crippen LogP contribution is -2.27. The molecule has 0 amide bonds. The largest absolute Gasteiger partial charge is 0.383 e. The van der Waals surface area contributed by atoms with Gasteiger partial charge in [-0.1, -0.05) is 28.7 Å². The number of halogens is 2. The van der Waals surface area contributed by atoms with Crippen molar-refractivity contribution in [3.63, 3.8) is 0 Å². The summed E-state index contributed by atoms with van der Waals surface area (Å²) in [5.41, 5.74) is 1.000. The maximum Gasteiger partial charge on any atom is 0.284 e. The molecular weight excluding hydrogens is 430 g/mol. The van der Waals surface area contributed by atoms with Gasteiger partial charge in [0, 0.05) is 7.05 Å². The Morgan fingerprint density at radius 3 is 2.94 bits per heavy atom. The normalized spacial score (nSPS) is 12.4. The van der Waals surface area contributed by atoms with E-state index in [9.17, 15) is 0 Å². The third-order valence-electron chi connectivity index (χ3n) is 1.71. The second-order valence-electron chi connectivity index (χ2n) is 2.72. The predicted octanol–water partition coefficient (Wildman–Crippen LogP) is 2.03. The average molecular weight is 441 g/mol. The van der Waals surface area contributed by atoms with Crippen molar-refractivity contribution in [3.05, 3.63) is 47.0 Å². The van der Waals surface area contributed by atoms with Gasteiger partial charge in [-0.2, -0.15) is 2.78 Å². The third-order valence-corrected chi connectivity index (χ3v) is 3.54. The summed E-state index contributed by atoms with van der Waals surface area (Å²) in [6.07, 6.45) is 8.82. The van der Waals surface area contributed by atoms with Gasteiger partial charge in [0.25, 0.3) is 12.2 Å². The smallest absolute Gasteiger partial charge is 0.284 e. The minimum absolute atomic E-state index is 0.840. The van der Waals surface area contributed by atoms with E-state index in [0.29, 0.717) is 0 Å². The Kier molecular flexibility index (Phi) is 5.88. The van der Waals surface area contributed by atoms with Crippen LogP contribution < -0.4 is 8.10 Å². The maximum absolute atomic E-state index is 4.26. The van der Waals surface area contributed by atoms with Crippen molar-refractivity contribution < 1.29 is 2.78 Å². The first-order valence-corrected chi connectivity index (χ1v) is 6.50. The highest BCUT2D eigenvalue weighted by Gasteiger charge is 2.14. The Hall–Kier alpha value is -0.510. The number of aromatic nitrogens is 3. The molecule has 0 saturated heterocycles. The fourth-order valence-corrected chi connectivity index (χ4v) is 1.96. The number of allylic oxidation sites excluding steroid dienone is 4. The Balaban J connectivity index is 3.28. The standard InChI is InChI=1S/C10H10I2N4/c1-3-4-5-8(9(11)13-2)10-15-6-14-7-16(10)12/h3-7H,1H2,2H3/p+1/b5-4-. The van der Waals surface area contributed by atoms with Crippen molar-refractivity contribution in [2.45, 2.75) is 0 Å². The van der Waals surface area contributed by atoms with E-state index in [-0.39, 0.29) is 0 Å². The summed E-state index contributed by atoms with van der Waals surface area (Å²) in [7, 11) is 1.88. The van der Waals surface area contributed by atoms with Crippen LogP contribution >= 0.6 is 45.5 Å². The molecule has 4 nitrogen and oxygen atoms in total. The van der Waals surface area contributed by atoms with E-state index in [1.807, 2.05) is 22.0 Å². The van der Waals surface area contributed by atoms with Crippen LogP contribution in [0.4, 0.5) is 0 Å². The zero-order valence-electron chi connectivity index (χ0n) is 8.69. The minimum Gasteiger partial charge on any atom is -0.383 e. The lowest BCUT2D eigenvalue weighted by molar-refractivity contribution is -0.452. The summed E-state index contributed by atoms with van der Waals surface area (Å²) in [5, 5.41) is 3.10. The van der Waals surface area contributed by atoms with Crippen molar-refractivity contribution in [2.75, 3.05) is 7.05 Å². The van der Waals surface area contributed by atoms with Gasteiger partial charge in [0.05, 0.1) is 9.28 Å². The van der Waals surface area contributed by atoms with Gasteiger partial charge in [0.2, 0.25) is 6.33 Å². The van der Waals surface area contributed by atoms with E-state index in [2.05, 4.69) is 67.3 Å². The highest BCUT2D eigenvalue weighted by atomic mass is 127. The number of nitrogens with one attached hydrogen (secondary N) is 1. The molecule has 16 heavy (non-hydrogen) atoms. The molecule has 6 heteroatoms. The monoisotopic (exact) mass is 441 g/mol. The van der Waals surface area contributed by atoms with Gasteiger partial charge in [0.15, 0.2) is 22.9 Å². The second kappa shape index (κ2) is 6.94. The van der Waals surface area contributed by atoms with Crippen LogP contribution in [0.1, 0.15) is 5.82 Å². The first kappa shape index (κ1) is 13.6. The van der Waals surface area contributed by atoms with Crippen molar-refractivity contribution in [1.82, 2.24) is 15.3 Å². The fourth-order valence-electron chi connectivity index (χ4n) is 1.02. The SMILES string of the molecule is C=C/C=C\C(=C(\I)NC)c1ncnc[n+]1I. The molecule has 0 aliphatic rings. The van der Waals surface area contributed by atoms with E-state index < -0.39 is 0 Å². The van der Waals surface area contributed by atoms with Gasteiger partial charge in [-0.3, -0.25) is 0 Å². The molecule has 0 aliphatic heterocycles. The molecule has 1 rings (SSSR count). The van der Waals surface area contributed by atoms with E-state index in [1.165, 1.54) is 6.33 Å². The quantitative estimate of drug-likeness (QED) is 0.442. The summed E-state index contributed by atoms with van der Waals surface area (Å²) in [6.45, 7) is 3.66. The molecule has 0 radical (unpaired) electrons. The molecular formula is C10H11I2N4+. The van der Waals surface area contributed by atoms with Crippen LogP contribution in [0.15, 0.2) is 41.2 Å². The predicted molar refractivity (Wildman–Crippen MR) is 81.0 cm³/mol. The Morgan fingerprint density at radius 2 is 2.38 bits per heavy atom. The van der Waals surface area contributed by atoms with Crippen LogP contribution in [0.25, 0.3) is 5.57 Å². The maximum atomic E-state index is 4.26. The van der Waals surface area contributed by atoms with Crippen LogP contribution in [-0.4, -0.2) is 17.0 Å². The van der Waals surface area contributed by atoms with E-state index >= 15 is 0 Å². The van der Waals surface area contributed by atoms with Crippen LogP contribution in [0.2, 0.25) is 0 Å². The lowest BCUT2D eigenvalue weighted by Gasteiger charge is -2.03. The average Bonchev–Trinajstić information content (AvgIpc) is 2.31. The third kappa shape index (κ3) is 3.51. The van der Waals surface area contributed by atoms with Crippen LogP contribution in [0, 0.1) is 0 Å². The molecule has 0 atom stereocenters. The van der Waals surface area contributed by atoms with Crippen LogP contribution in [0.5, 0.6) is 0 Å². The van der Waals surface area contributed by atoms with Gasteiger partial charge in [0.1, 0.15) is 0 Å². The van der Waals surface area contributed by atoms with E-state index in [1.54, 1.807) is 12.4 Å². The number of nitrogens with zero attached hydrogens (tertiary/aromatic N) is 3. The number of hydrogen-bond acceptors (Lipinski definition) is 3. The summed E-state index contributed by atoms with van der Waals surface area (Å²) in [6, 6.07) is 0. The molecule has 1 heterocycles. The molecule has 0 unspecified atom stereocenters. The molecule has 1 aromatic heterocycles. The van der Waals surface area contributed by atoms with Crippen LogP contribution in [0.3, 0.4) is 0 Å². The highest BCUT2D eigenvalue weighted by molar-refractivity contribution is 14.1. The second-order valence-corrected chi connectivity index (χ2v) is 4.83.